The third-order valence-corrected chi connectivity index (χ3v) is 3.62. The van der Waals surface area contributed by atoms with Gasteiger partial charge in [-0.2, -0.15) is 0 Å². The van der Waals surface area contributed by atoms with Crippen LogP contribution in [0.1, 0.15) is 10.4 Å². The van der Waals surface area contributed by atoms with Crippen LogP contribution in [0.2, 0.25) is 10.0 Å². The number of pyridine rings is 1. The van der Waals surface area contributed by atoms with E-state index < -0.39 is 0 Å². The number of rotatable bonds is 3. The fourth-order valence-electron chi connectivity index (χ4n) is 1.60. The number of ketones is 1. The zero-order chi connectivity index (χ0) is 14.0. The number of hydrogen-bond donors (Lipinski definition) is 1. The van der Waals surface area contributed by atoms with Gasteiger partial charge in [-0.05, 0) is 18.2 Å². The summed E-state index contributed by atoms with van der Waals surface area (Å²) in [5.41, 5.74) is 6.42. The Hall–Kier alpha value is -0.620. The largest absolute Gasteiger partial charge is 1.00 e. The van der Waals surface area contributed by atoms with Crippen LogP contribution in [-0.4, -0.2) is 5.78 Å². The molecule has 0 spiro atoms. The molecule has 20 heavy (non-hydrogen) atoms. The van der Waals surface area contributed by atoms with Gasteiger partial charge in [0.05, 0.1) is 5.02 Å². The number of nitrogens with zero attached hydrogens (tertiary/aromatic N) is 1. The highest BCUT2D eigenvalue weighted by molar-refractivity contribution is 9.10. The Morgan fingerprint density at radius 2 is 1.85 bits per heavy atom. The van der Waals surface area contributed by atoms with Gasteiger partial charge in [-0.25, -0.2) is 4.57 Å². The molecule has 1 aromatic carbocycles. The molecule has 0 bridgehead atoms. The van der Waals surface area contributed by atoms with Crippen LogP contribution in [-0.2, 0) is 6.54 Å². The summed E-state index contributed by atoms with van der Waals surface area (Å²) in [6, 6.07) is 8.65. The maximum absolute atomic E-state index is 12.1. The van der Waals surface area contributed by atoms with E-state index >= 15 is 0 Å². The molecule has 0 saturated carbocycles. The molecule has 0 atom stereocenters. The number of carbonyl (C=O) groups excluding carboxylic acids is 1. The SMILES string of the molecule is Nc1c(Cl)cc(Cl)c[n+]1CC(=O)c1ccc(Br)cc1.[Br-]. The van der Waals surface area contributed by atoms with Gasteiger partial charge in [0.15, 0.2) is 6.54 Å². The molecular formula is C13H10Br2Cl2N2O. The molecule has 0 aliphatic heterocycles. The minimum atomic E-state index is -0.0671. The molecule has 2 aromatic rings. The Kier molecular flexibility index (Phi) is 6.45. The lowest BCUT2D eigenvalue weighted by molar-refractivity contribution is -0.668. The maximum Gasteiger partial charge on any atom is 0.291 e. The molecule has 0 aliphatic carbocycles. The zero-order valence-corrected chi connectivity index (χ0v) is 14.8. The van der Waals surface area contributed by atoms with Crippen molar-refractivity contribution in [3.63, 3.8) is 0 Å². The Labute approximate surface area is 145 Å². The number of nitrogen functional groups attached to an aromatic ring is 1. The van der Waals surface area contributed by atoms with E-state index in [1.807, 2.05) is 12.1 Å². The lowest BCUT2D eigenvalue weighted by atomic mass is 10.1. The summed E-state index contributed by atoms with van der Waals surface area (Å²) in [4.78, 5) is 12.1. The minimum Gasteiger partial charge on any atom is -1.00 e. The predicted molar refractivity (Wildman–Crippen MR) is 79.5 cm³/mol. The number of carbonyl (C=O) groups is 1. The van der Waals surface area contributed by atoms with Crippen molar-refractivity contribution in [3.05, 3.63) is 56.6 Å². The van der Waals surface area contributed by atoms with Crippen molar-refractivity contribution in [3.8, 4) is 0 Å². The molecule has 106 valence electrons. The van der Waals surface area contributed by atoms with Gasteiger partial charge in [0.1, 0.15) is 11.2 Å². The van der Waals surface area contributed by atoms with Crippen LogP contribution in [0.15, 0.2) is 41.0 Å². The first-order valence-corrected chi connectivity index (χ1v) is 6.95. The van der Waals surface area contributed by atoms with E-state index in [1.54, 1.807) is 24.4 Å². The van der Waals surface area contributed by atoms with Gasteiger partial charge in [-0.3, -0.25) is 10.5 Å². The first kappa shape index (κ1) is 17.4. The van der Waals surface area contributed by atoms with Gasteiger partial charge in [-0.15, -0.1) is 0 Å². The van der Waals surface area contributed by atoms with Gasteiger partial charge < -0.3 is 17.0 Å². The summed E-state index contributed by atoms with van der Waals surface area (Å²) in [5, 5.41) is 0.763. The average molecular weight is 441 g/mol. The van der Waals surface area contributed by atoms with Crippen LogP contribution in [0.25, 0.3) is 0 Å². The zero-order valence-electron chi connectivity index (χ0n) is 10.1. The Morgan fingerprint density at radius 1 is 1.25 bits per heavy atom. The van der Waals surface area contributed by atoms with E-state index in [9.17, 15) is 4.79 Å². The highest BCUT2D eigenvalue weighted by Gasteiger charge is 2.16. The highest BCUT2D eigenvalue weighted by Crippen LogP contribution is 2.19. The molecule has 2 rings (SSSR count). The Bertz CT molecular complexity index is 633. The molecule has 0 fully saturated rings. The lowest BCUT2D eigenvalue weighted by Crippen LogP contribution is -3.00. The predicted octanol–water partition coefficient (Wildman–Crippen LogP) is 0.512. The molecule has 2 N–H and O–H groups in total. The van der Waals surface area contributed by atoms with E-state index in [1.165, 1.54) is 4.57 Å². The van der Waals surface area contributed by atoms with E-state index in [-0.39, 0.29) is 29.3 Å². The molecule has 0 saturated heterocycles. The third-order valence-electron chi connectivity index (χ3n) is 2.58. The summed E-state index contributed by atoms with van der Waals surface area (Å²) in [6.07, 6.45) is 1.58. The summed E-state index contributed by atoms with van der Waals surface area (Å²) in [5.74, 6) is 0.249. The number of hydrogen-bond acceptors (Lipinski definition) is 2. The Balaban J connectivity index is 0.00000200. The molecule has 7 heteroatoms. The quantitative estimate of drug-likeness (QED) is 0.558. The fourth-order valence-corrected chi connectivity index (χ4v) is 2.37. The summed E-state index contributed by atoms with van der Waals surface area (Å²) < 4.78 is 2.46. The number of aromatic nitrogens is 1. The normalized spacial score (nSPS) is 9.95. The van der Waals surface area contributed by atoms with Crippen molar-refractivity contribution in [2.75, 3.05) is 5.73 Å². The van der Waals surface area contributed by atoms with Gasteiger partial charge in [-0.1, -0.05) is 51.3 Å². The molecular weight excluding hydrogens is 431 g/mol. The topological polar surface area (TPSA) is 47.0 Å². The standard InChI is InChI=1S/C13H9BrCl2N2O.BrH/c14-9-3-1-8(2-4-9)12(19)7-18-6-10(15)5-11(16)13(18)17;/h1-6,17H,7H2;1H. The van der Waals surface area contributed by atoms with Crippen molar-refractivity contribution in [2.24, 2.45) is 0 Å². The molecule has 0 radical (unpaired) electrons. The van der Waals surface area contributed by atoms with Gasteiger partial charge in [0.2, 0.25) is 5.78 Å². The van der Waals surface area contributed by atoms with Crippen molar-refractivity contribution in [1.82, 2.24) is 0 Å². The number of halogens is 4. The smallest absolute Gasteiger partial charge is 0.291 e. The Morgan fingerprint density at radius 3 is 2.45 bits per heavy atom. The molecule has 1 heterocycles. The summed E-state index contributed by atoms with van der Waals surface area (Å²) >= 11 is 15.1. The molecule has 0 unspecified atom stereocenters. The first-order valence-electron chi connectivity index (χ1n) is 5.40. The van der Waals surface area contributed by atoms with Crippen molar-refractivity contribution in [1.29, 1.82) is 0 Å². The third kappa shape index (κ3) is 4.19. The van der Waals surface area contributed by atoms with Crippen LogP contribution >= 0.6 is 39.1 Å². The lowest BCUT2D eigenvalue weighted by Gasteiger charge is -2.05. The first-order chi connectivity index (χ1) is 8.97. The molecule has 0 amide bonds. The van der Waals surface area contributed by atoms with Crippen molar-refractivity contribution < 1.29 is 26.3 Å². The second-order valence-electron chi connectivity index (χ2n) is 3.95. The molecule has 3 nitrogen and oxygen atoms in total. The van der Waals surface area contributed by atoms with Crippen LogP contribution in [0.3, 0.4) is 0 Å². The van der Waals surface area contributed by atoms with Crippen LogP contribution in [0, 0.1) is 0 Å². The number of benzene rings is 1. The second-order valence-corrected chi connectivity index (χ2v) is 5.71. The second kappa shape index (κ2) is 7.41. The van der Waals surface area contributed by atoms with E-state index in [0.29, 0.717) is 21.4 Å². The summed E-state index contributed by atoms with van der Waals surface area (Å²) in [6.45, 7) is 0.0910. The fraction of sp³-hybridized carbons (Fsp3) is 0.0769. The van der Waals surface area contributed by atoms with Crippen LogP contribution in [0.4, 0.5) is 5.82 Å². The van der Waals surface area contributed by atoms with Crippen LogP contribution < -0.4 is 27.3 Å². The average Bonchev–Trinajstić information content (AvgIpc) is 2.36. The highest BCUT2D eigenvalue weighted by atomic mass is 79.9. The van der Waals surface area contributed by atoms with E-state index in [4.69, 9.17) is 28.9 Å². The number of Topliss-reactive ketones (excluding diaryl/α,β-unsaturated/α-hetero) is 1. The van der Waals surface area contributed by atoms with Crippen LogP contribution in [0.5, 0.6) is 0 Å². The van der Waals surface area contributed by atoms with E-state index in [2.05, 4.69) is 15.9 Å². The van der Waals surface area contributed by atoms with E-state index in [0.717, 1.165) is 4.47 Å². The summed E-state index contributed by atoms with van der Waals surface area (Å²) in [7, 11) is 0. The van der Waals surface area contributed by atoms with Crippen molar-refractivity contribution in [2.45, 2.75) is 6.54 Å². The van der Waals surface area contributed by atoms with Crippen molar-refractivity contribution >= 4 is 50.7 Å². The maximum atomic E-state index is 12.1. The molecule has 0 aliphatic rings. The number of nitrogens with two attached hydrogens (primary N) is 1. The number of anilines is 1. The molecule has 1 aromatic heterocycles. The monoisotopic (exact) mass is 438 g/mol. The van der Waals surface area contributed by atoms with Gasteiger partial charge in [0.25, 0.3) is 5.82 Å². The minimum absolute atomic E-state index is 0. The van der Waals surface area contributed by atoms with Gasteiger partial charge >= 0.3 is 0 Å². The van der Waals surface area contributed by atoms with Gasteiger partial charge in [0, 0.05) is 10.0 Å².